The Kier molecular flexibility index (Phi) is 5.02. The van der Waals surface area contributed by atoms with Crippen LogP contribution in [0.3, 0.4) is 0 Å². The lowest BCUT2D eigenvalue weighted by atomic mass is 10.1. The minimum absolute atomic E-state index is 0.154. The highest BCUT2D eigenvalue weighted by atomic mass is 127. The van der Waals surface area contributed by atoms with Crippen molar-refractivity contribution in [3.05, 3.63) is 41.9 Å². The van der Waals surface area contributed by atoms with Crippen molar-refractivity contribution >= 4 is 62.7 Å². The number of Topliss-reactive ketones (excluding diaryl/α,β-unsaturated/α-hetero) is 1. The van der Waals surface area contributed by atoms with Crippen molar-refractivity contribution < 1.29 is 17.6 Å². The van der Waals surface area contributed by atoms with Gasteiger partial charge in [0.05, 0.1) is 23.0 Å². The highest BCUT2D eigenvalue weighted by Gasteiger charge is 2.20. The molecule has 0 saturated heterocycles. The number of hydrogen-bond acceptors (Lipinski definition) is 5. The number of aromatic nitrogens is 1. The van der Waals surface area contributed by atoms with Gasteiger partial charge in [-0.25, -0.2) is 12.8 Å². The first-order chi connectivity index (χ1) is 10.7. The predicted octanol–water partition coefficient (Wildman–Crippen LogP) is 3.26. The molecule has 2 aromatic rings. The Morgan fingerprint density at radius 3 is 2.65 bits per heavy atom. The van der Waals surface area contributed by atoms with Crippen molar-refractivity contribution in [3.8, 4) is 6.07 Å². The summed E-state index contributed by atoms with van der Waals surface area (Å²) >= 11 is 1.92. The largest absolute Gasteiger partial charge is 0.286 e. The second-order valence-corrected chi connectivity index (χ2v) is 8.01. The van der Waals surface area contributed by atoms with Gasteiger partial charge in [0.15, 0.2) is 0 Å². The van der Waals surface area contributed by atoms with Crippen LogP contribution >= 0.6 is 30.3 Å². The third kappa shape index (κ3) is 3.67. The topological polar surface area (TPSA) is 92.0 Å². The highest BCUT2D eigenvalue weighted by Crippen LogP contribution is 2.33. The van der Waals surface area contributed by atoms with Gasteiger partial charge in [-0.3, -0.25) is 13.5 Å². The Morgan fingerprint density at radius 1 is 1.48 bits per heavy atom. The number of anilines is 1. The number of allylic oxidation sites excluding steroid dienone is 1. The van der Waals surface area contributed by atoms with Crippen molar-refractivity contribution in [1.82, 2.24) is 3.97 Å². The fourth-order valence-electron chi connectivity index (χ4n) is 1.92. The minimum Gasteiger partial charge on any atom is -0.286 e. The van der Waals surface area contributed by atoms with Crippen molar-refractivity contribution in [2.45, 2.75) is 0 Å². The van der Waals surface area contributed by atoms with Crippen LogP contribution in [-0.4, -0.2) is 24.4 Å². The number of benzene rings is 1. The normalized spacial score (nSPS) is 11.2. The molecule has 0 bridgehead atoms. The maximum absolute atomic E-state index is 14.0. The molecule has 0 aliphatic heterocycles. The van der Waals surface area contributed by atoms with E-state index in [1.54, 1.807) is 6.07 Å². The van der Waals surface area contributed by atoms with Gasteiger partial charge in [0.1, 0.15) is 17.6 Å². The standard InChI is InChI=1S/C13H9FIN3O3S2/c1-7(6-16)13(19)12-4-8-3-9(14)10(17-23(2,20)21)5-11(8)18(12)22-15/h3-5,17H,1H2,2H3. The average molecular weight is 465 g/mol. The van der Waals surface area contributed by atoms with Crippen LogP contribution in [0.15, 0.2) is 30.4 Å². The molecular weight excluding hydrogens is 456 g/mol. The lowest BCUT2D eigenvalue weighted by molar-refractivity contribution is 0.103. The molecule has 0 aliphatic rings. The van der Waals surface area contributed by atoms with Crippen molar-refractivity contribution in [2.75, 3.05) is 11.0 Å². The first-order valence-electron chi connectivity index (χ1n) is 5.93. The number of hydrogen-bond donors (Lipinski definition) is 1. The number of sulfonamides is 1. The van der Waals surface area contributed by atoms with Crippen LogP contribution in [0.2, 0.25) is 0 Å². The van der Waals surface area contributed by atoms with E-state index in [2.05, 4.69) is 11.3 Å². The molecule has 0 amide bonds. The summed E-state index contributed by atoms with van der Waals surface area (Å²) in [6.07, 6.45) is 0.911. The van der Waals surface area contributed by atoms with Crippen molar-refractivity contribution in [2.24, 2.45) is 0 Å². The number of nitrogens with zero attached hydrogens (tertiary/aromatic N) is 2. The molecular formula is C13H9FIN3O3S2. The zero-order valence-electron chi connectivity index (χ0n) is 11.6. The summed E-state index contributed by atoms with van der Waals surface area (Å²) in [5.74, 6) is -1.34. The maximum atomic E-state index is 14.0. The third-order valence-corrected chi connectivity index (χ3v) is 5.16. The summed E-state index contributed by atoms with van der Waals surface area (Å²) in [6.45, 7) is 3.38. The molecule has 23 heavy (non-hydrogen) atoms. The van der Waals surface area contributed by atoms with Gasteiger partial charge in [-0.2, -0.15) is 5.26 Å². The Morgan fingerprint density at radius 2 is 2.13 bits per heavy atom. The molecule has 6 nitrogen and oxygen atoms in total. The number of nitrogens with one attached hydrogen (secondary N) is 1. The number of nitriles is 1. The molecule has 120 valence electrons. The van der Waals surface area contributed by atoms with E-state index in [9.17, 15) is 17.6 Å². The Bertz CT molecular complexity index is 976. The highest BCUT2D eigenvalue weighted by molar-refractivity contribution is 14.2. The molecule has 0 fully saturated rings. The third-order valence-electron chi connectivity index (χ3n) is 2.85. The fraction of sp³-hybridized carbons (Fsp3) is 0.0769. The van der Waals surface area contributed by atoms with Crippen LogP contribution < -0.4 is 4.72 Å². The number of halogens is 2. The van der Waals surface area contributed by atoms with E-state index >= 15 is 0 Å². The van der Waals surface area contributed by atoms with Gasteiger partial charge in [0.2, 0.25) is 15.8 Å². The van der Waals surface area contributed by atoms with Crippen LogP contribution in [0.4, 0.5) is 10.1 Å². The molecule has 0 unspecified atom stereocenters. The van der Waals surface area contributed by atoms with E-state index < -0.39 is 21.6 Å². The summed E-state index contributed by atoms with van der Waals surface area (Å²) in [7, 11) is -2.51. The number of ketones is 1. The molecule has 2 rings (SSSR count). The van der Waals surface area contributed by atoms with Gasteiger partial charge in [0, 0.05) is 35.7 Å². The number of carbonyl (C=O) groups excluding carboxylic acids is 1. The van der Waals surface area contributed by atoms with E-state index in [1.165, 1.54) is 16.1 Å². The van der Waals surface area contributed by atoms with Gasteiger partial charge in [0.25, 0.3) is 0 Å². The monoisotopic (exact) mass is 465 g/mol. The van der Waals surface area contributed by atoms with Gasteiger partial charge in [-0.1, -0.05) is 6.58 Å². The van der Waals surface area contributed by atoms with Crippen LogP contribution in [0.25, 0.3) is 10.9 Å². The molecule has 1 aromatic carbocycles. The fourth-order valence-corrected chi connectivity index (χ4v) is 4.19. The number of fused-ring (bicyclic) bond motifs is 1. The maximum Gasteiger partial charge on any atom is 0.229 e. The van der Waals surface area contributed by atoms with Crippen molar-refractivity contribution in [3.63, 3.8) is 0 Å². The molecule has 0 saturated carbocycles. The van der Waals surface area contributed by atoms with E-state index in [-0.39, 0.29) is 17.0 Å². The van der Waals surface area contributed by atoms with Gasteiger partial charge < -0.3 is 0 Å². The molecule has 1 aromatic heterocycles. The zero-order chi connectivity index (χ0) is 17.4. The summed E-state index contributed by atoms with van der Waals surface area (Å²) in [5, 5.41) is 9.20. The summed E-state index contributed by atoms with van der Waals surface area (Å²) in [6, 6.07) is 5.53. The Labute approximate surface area is 148 Å². The lowest BCUT2D eigenvalue weighted by Gasteiger charge is -2.07. The second-order valence-electron chi connectivity index (χ2n) is 4.58. The van der Waals surface area contributed by atoms with Crippen LogP contribution in [-0.2, 0) is 10.0 Å². The molecule has 0 radical (unpaired) electrons. The minimum atomic E-state index is -3.65. The average Bonchev–Trinajstić information content (AvgIpc) is 2.81. The Balaban J connectivity index is 2.70. The van der Waals surface area contributed by atoms with Gasteiger partial charge >= 0.3 is 0 Å². The van der Waals surface area contributed by atoms with Crippen LogP contribution in [0, 0.1) is 17.1 Å². The lowest BCUT2D eigenvalue weighted by Crippen LogP contribution is -2.11. The van der Waals surface area contributed by atoms with Gasteiger partial charge in [-0.15, -0.1) is 0 Å². The van der Waals surface area contributed by atoms with E-state index in [4.69, 9.17) is 5.26 Å². The van der Waals surface area contributed by atoms with Gasteiger partial charge in [-0.05, 0) is 18.2 Å². The molecule has 0 atom stereocenters. The molecule has 0 spiro atoms. The van der Waals surface area contributed by atoms with Crippen molar-refractivity contribution in [1.29, 1.82) is 5.26 Å². The summed E-state index contributed by atoms with van der Waals surface area (Å²) in [4.78, 5) is 12.2. The summed E-state index contributed by atoms with van der Waals surface area (Å²) < 4.78 is 40.2. The van der Waals surface area contributed by atoms with Crippen LogP contribution in [0.1, 0.15) is 10.5 Å². The summed E-state index contributed by atoms with van der Waals surface area (Å²) in [5.41, 5.74) is 0.130. The smallest absolute Gasteiger partial charge is 0.229 e. The molecule has 0 aliphatic carbocycles. The number of rotatable bonds is 5. The van der Waals surface area contributed by atoms with E-state index in [0.717, 1.165) is 21.4 Å². The Hall–Kier alpha value is -1.58. The molecule has 10 heteroatoms. The SMILES string of the molecule is C=C(C#N)C(=O)c1cc2cc(F)c(NS(C)(=O)=O)cc2n1SI. The quantitative estimate of drug-likeness (QED) is 0.317. The van der Waals surface area contributed by atoms with E-state index in [0.29, 0.717) is 10.9 Å². The zero-order valence-corrected chi connectivity index (χ0v) is 15.4. The van der Waals surface area contributed by atoms with E-state index in [1.807, 2.05) is 21.2 Å². The second kappa shape index (κ2) is 6.50. The first-order valence-corrected chi connectivity index (χ1v) is 11.1. The number of carbonyl (C=O) groups is 1. The molecule has 1 N–H and O–H groups in total. The molecule has 1 heterocycles. The first kappa shape index (κ1) is 17.8. The van der Waals surface area contributed by atoms with Crippen LogP contribution in [0.5, 0.6) is 0 Å². The predicted molar refractivity (Wildman–Crippen MR) is 96.5 cm³/mol.